The molecular formula is C56H36N4O2. The van der Waals surface area contributed by atoms with Gasteiger partial charge in [0.2, 0.25) is 0 Å². The molecule has 3 aromatic heterocycles. The molecule has 5 heterocycles. The van der Waals surface area contributed by atoms with E-state index in [0.717, 1.165) is 106 Å². The van der Waals surface area contributed by atoms with E-state index in [1.54, 1.807) is 0 Å². The summed E-state index contributed by atoms with van der Waals surface area (Å²) in [4.78, 5) is 41.1. The number of rotatable bonds is 6. The molecule has 0 unspecified atom stereocenters. The average Bonchev–Trinajstić information content (AvgIpc) is 4.16. The Hall–Kier alpha value is -8.48. The van der Waals surface area contributed by atoms with Gasteiger partial charge in [-0.1, -0.05) is 121 Å². The number of ketones is 2. The largest absolute Gasteiger partial charge is 0.355 e. The van der Waals surface area contributed by atoms with E-state index in [1.165, 1.54) is 18.2 Å². The van der Waals surface area contributed by atoms with Gasteiger partial charge in [0.1, 0.15) is 0 Å². The zero-order valence-electron chi connectivity index (χ0n) is 33.3. The van der Waals surface area contributed by atoms with Crippen molar-refractivity contribution in [1.82, 2.24) is 19.9 Å². The number of fused-ring (bicyclic) bond motifs is 8. The van der Waals surface area contributed by atoms with Crippen LogP contribution in [-0.2, 0) is 9.59 Å². The Labute approximate surface area is 357 Å². The number of allylic oxidation sites excluding steroid dienone is 4. The molecule has 0 atom stereocenters. The van der Waals surface area contributed by atoms with E-state index in [2.05, 4.69) is 156 Å². The van der Waals surface area contributed by atoms with E-state index in [9.17, 15) is 9.59 Å². The number of aromatic nitrogens is 4. The highest BCUT2D eigenvalue weighted by Crippen LogP contribution is 2.34. The lowest BCUT2D eigenvalue weighted by molar-refractivity contribution is -0.113. The highest BCUT2D eigenvalue weighted by atomic mass is 16.1. The first kappa shape index (κ1) is 36.6. The average molecular weight is 797 g/mol. The van der Waals surface area contributed by atoms with Gasteiger partial charge < -0.3 is 9.97 Å². The number of nitrogens with one attached hydrogen (secondary N) is 2. The van der Waals surface area contributed by atoms with Crippen LogP contribution in [0.3, 0.4) is 0 Å². The number of nitrogens with zero attached hydrogens (tertiary/aromatic N) is 2. The second-order valence-electron chi connectivity index (χ2n) is 15.6. The van der Waals surface area contributed by atoms with Crippen LogP contribution in [0.25, 0.3) is 108 Å². The summed E-state index contributed by atoms with van der Waals surface area (Å²) < 4.78 is 0. The van der Waals surface area contributed by atoms with Gasteiger partial charge in [-0.15, -0.1) is 0 Å². The van der Waals surface area contributed by atoms with Gasteiger partial charge in [0.15, 0.2) is 11.6 Å². The van der Waals surface area contributed by atoms with Crippen molar-refractivity contribution in [2.75, 3.05) is 0 Å². The number of hydrogen-bond acceptors (Lipinski definition) is 4. The van der Waals surface area contributed by atoms with Gasteiger partial charge in [0, 0.05) is 33.2 Å². The summed E-state index contributed by atoms with van der Waals surface area (Å²) in [6, 6.07) is 56.9. The Kier molecular flexibility index (Phi) is 9.02. The zero-order valence-corrected chi connectivity index (χ0v) is 33.3. The monoisotopic (exact) mass is 796 g/mol. The molecule has 0 fully saturated rings. The molecule has 292 valence electrons. The molecule has 1 aliphatic carbocycles. The highest BCUT2D eigenvalue weighted by Gasteiger charge is 2.16. The molecule has 62 heavy (non-hydrogen) atoms. The Bertz CT molecular complexity index is 3380. The zero-order chi connectivity index (χ0) is 41.6. The Morgan fingerprint density at radius 1 is 0.339 bits per heavy atom. The van der Waals surface area contributed by atoms with E-state index < -0.39 is 0 Å². The number of benzene rings is 5. The highest BCUT2D eigenvalue weighted by molar-refractivity contribution is 6.33. The predicted molar refractivity (Wildman–Crippen MR) is 253 cm³/mol. The predicted octanol–water partition coefficient (Wildman–Crippen LogP) is 13.1. The first-order valence-electron chi connectivity index (χ1n) is 20.5. The van der Waals surface area contributed by atoms with Gasteiger partial charge in [-0.25, -0.2) is 9.97 Å². The first-order valence-corrected chi connectivity index (χ1v) is 20.5. The topological polar surface area (TPSA) is 91.5 Å². The Balaban J connectivity index is 0.821. The van der Waals surface area contributed by atoms with E-state index >= 15 is 0 Å². The molecular weight excluding hydrogens is 761 g/mol. The van der Waals surface area contributed by atoms with E-state index in [0.29, 0.717) is 5.57 Å². The third-order valence-electron chi connectivity index (χ3n) is 11.5. The molecule has 0 spiro atoms. The van der Waals surface area contributed by atoms with Gasteiger partial charge in [-0.3, -0.25) is 9.59 Å². The first-order chi connectivity index (χ1) is 30.4. The second kappa shape index (κ2) is 15.3. The molecule has 6 heteroatoms. The lowest BCUT2D eigenvalue weighted by atomic mass is 9.94. The fourth-order valence-electron chi connectivity index (χ4n) is 8.28. The molecule has 5 aromatic carbocycles. The van der Waals surface area contributed by atoms with Crippen molar-refractivity contribution >= 4 is 63.5 Å². The van der Waals surface area contributed by atoms with Crippen LogP contribution in [0.1, 0.15) is 28.3 Å². The summed E-state index contributed by atoms with van der Waals surface area (Å²) in [5.74, 6) is -0.320. The van der Waals surface area contributed by atoms with Crippen LogP contribution in [-0.4, -0.2) is 31.5 Å². The molecule has 3 aliphatic rings. The quantitative estimate of drug-likeness (QED) is 0.164. The van der Waals surface area contributed by atoms with Crippen LogP contribution in [0.2, 0.25) is 0 Å². The minimum atomic E-state index is -0.169. The standard InChI is InChI=1S/C56H36N4O2/c61-51-27-30-55(62)52(34-51)43-17-13-41(14-18-43)39-9-5-37(6-10-39)35-1-3-36(4-2-35)38-7-11-40(12-8-38)42-15-19-44(20-16-42)56-53-28-25-49(59-53)32-47-23-21-45(57-47)31-46-22-24-48(58-46)33-50-26-29-54(56)60-50/h1-34,57,60H. The molecule has 8 aromatic rings. The van der Waals surface area contributed by atoms with Crippen LogP contribution < -0.4 is 0 Å². The van der Waals surface area contributed by atoms with Crippen LogP contribution in [0.4, 0.5) is 0 Å². The van der Waals surface area contributed by atoms with Crippen molar-refractivity contribution in [1.29, 1.82) is 0 Å². The molecule has 6 nitrogen and oxygen atoms in total. The molecule has 11 rings (SSSR count). The van der Waals surface area contributed by atoms with Crippen molar-refractivity contribution < 1.29 is 9.59 Å². The van der Waals surface area contributed by atoms with E-state index in [4.69, 9.17) is 9.97 Å². The van der Waals surface area contributed by atoms with Gasteiger partial charge in [-0.05, 0) is 141 Å². The summed E-state index contributed by atoms with van der Waals surface area (Å²) in [7, 11) is 0. The van der Waals surface area contributed by atoms with Crippen molar-refractivity contribution in [3.05, 3.63) is 210 Å². The smallest absolute Gasteiger partial charge is 0.186 e. The molecule has 0 amide bonds. The van der Waals surface area contributed by atoms with E-state index in [1.807, 2.05) is 42.5 Å². The second-order valence-corrected chi connectivity index (χ2v) is 15.6. The summed E-state index contributed by atoms with van der Waals surface area (Å²) in [5.41, 5.74) is 19.8. The van der Waals surface area contributed by atoms with Crippen LogP contribution >= 0.6 is 0 Å². The lowest BCUT2D eigenvalue weighted by Crippen LogP contribution is -2.06. The normalized spacial score (nSPS) is 13.1. The summed E-state index contributed by atoms with van der Waals surface area (Å²) >= 11 is 0. The van der Waals surface area contributed by atoms with E-state index in [-0.39, 0.29) is 11.6 Å². The fraction of sp³-hybridized carbons (Fsp3) is 0. The lowest BCUT2D eigenvalue weighted by Gasteiger charge is -2.10. The number of carbonyl (C=O) groups is 2. The number of carbonyl (C=O) groups excluding carboxylic acids is 2. The molecule has 0 saturated heterocycles. The Morgan fingerprint density at radius 3 is 1.21 bits per heavy atom. The van der Waals surface area contributed by atoms with Crippen molar-refractivity contribution in [2.24, 2.45) is 0 Å². The minimum Gasteiger partial charge on any atom is -0.355 e. The maximum Gasteiger partial charge on any atom is 0.186 e. The van der Waals surface area contributed by atoms with Gasteiger partial charge in [-0.2, -0.15) is 0 Å². The molecule has 0 saturated carbocycles. The van der Waals surface area contributed by atoms with Crippen LogP contribution in [0.15, 0.2) is 182 Å². The van der Waals surface area contributed by atoms with Gasteiger partial charge in [0.05, 0.1) is 22.8 Å². The van der Waals surface area contributed by atoms with Crippen molar-refractivity contribution in [3.8, 4) is 55.6 Å². The summed E-state index contributed by atoms with van der Waals surface area (Å²) in [6.45, 7) is 0. The minimum absolute atomic E-state index is 0.152. The summed E-state index contributed by atoms with van der Waals surface area (Å²) in [5, 5.41) is 0. The number of H-pyrrole nitrogens is 2. The maximum atomic E-state index is 12.3. The summed E-state index contributed by atoms with van der Waals surface area (Å²) in [6.07, 6.45) is 12.3. The molecule has 0 radical (unpaired) electrons. The number of aromatic amines is 2. The molecule has 8 bridgehead atoms. The SMILES string of the molecule is O=C1C=CC(=O)C(c2ccc(-c3ccc(-c4ccc(-c5ccc(-c6ccc(-c7c8nc(cc9ccc(cc%10nc(cc%11ccc7[nH]%11)C=C%10)[nH]9)C=C8)cc6)cc5)cc4)cc3)cc2)=C1. The third-order valence-corrected chi connectivity index (χ3v) is 11.5. The maximum absolute atomic E-state index is 12.3. The fourth-order valence-corrected chi connectivity index (χ4v) is 8.28. The third kappa shape index (κ3) is 7.27. The van der Waals surface area contributed by atoms with Gasteiger partial charge >= 0.3 is 0 Å². The number of hydrogen-bond donors (Lipinski definition) is 2. The van der Waals surface area contributed by atoms with Crippen molar-refractivity contribution in [2.45, 2.75) is 0 Å². The van der Waals surface area contributed by atoms with Crippen LogP contribution in [0, 0.1) is 0 Å². The van der Waals surface area contributed by atoms with Crippen molar-refractivity contribution in [3.63, 3.8) is 0 Å². The Morgan fingerprint density at radius 2 is 0.726 bits per heavy atom. The van der Waals surface area contributed by atoms with Crippen LogP contribution in [0.5, 0.6) is 0 Å². The molecule has 2 N–H and O–H groups in total. The van der Waals surface area contributed by atoms with Gasteiger partial charge in [0.25, 0.3) is 0 Å². The molecule has 2 aliphatic heterocycles.